The van der Waals surface area contributed by atoms with Crippen molar-refractivity contribution in [2.24, 2.45) is 0 Å². The molecule has 2 aromatic carbocycles. The van der Waals surface area contributed by atoms with Crippen molar-refractivity contribution < 1.29 is 13.5 Å². The van der Waals surface area contributed by atoms with Crippen LogP contribution >= 0.6 is 11.8 Å². The summed E-state index contributed by atoms with van der Waals surface area (Å²) in [5, 5.41) is 21.2. The Morgan fingerprint density at radius 2 is 1.73 bits per heavy atom. The second kappa shape index (κ2) is 9.07. The first kappa shape index (κ1) is 19.6. The maximum absolute atomic E-state index is 14.9. The van der Waals surface area contributed by atoms with E-state index in [1.54, 1.807) is 36.4 Å². The Labute approximate surface area is 155 Å². The number of ether oxygens (including phenoxy) is 1. The highest BCUT2D eigenvalue weighted by Crippen LogP contribution is 2.40. The topological polar surface area (TPSA) is 68.8 Å². The van der Waals surface area contributed by atoms with E-state index in [0.717, 1.165) is 18.2 Å². The fourth-order valence-electron chi connectivity index (χ4n) is 2.31. The monoisotopic (exact) mass is 373 g/mol. The largest absolute Gasteiger partial charge is 0.492 e. The number of nitrogens with zero attached hydrogens (tertiary/aromatic N) is 2. The SMILES string of the molecule is CCCSc1c(F)c(C#N)c(C#N)c(F)c1Nc1ccccc1OCC. The van der Waals surface area contributed by atoms with Gasteiger partial charge < -0.3 is 10.1 Å². The van der Waals surface area contributed by atoms with Gasteiger partial charge in [0.25, 0.3) is 0 Å². The van der Waals surface area contributed by atoms with Crippen molar-refractivity contribution in [3.8, 4) is 17.9 Å². The highest BCUT2D eigenvalue weighted by molar-refractivity contribution is 7.99. The molecule has 0 radical (unpaired) electrons. The van der Waals surface area contributed by atoms with Crippen LogP contribution in [0.2, 0.25) is 0 Å². The molecule has 0 aromatic heterocycles. The molecule has 0 unspecified atom stereocenters. The number of nitrogens with one attached hydrogen (secondary N) is 1. The van der Waals surface area contributed by atoms with Crippen molar-refractivity contribution in [3.05, 3.63) is 47.0 Å². The van der Waals surface area contributed by atoms with Gasteiger partial charge in [-0.15, -0.1) is 11.8 Å². The van der Waals surface area contributed by atoms with E-state index < -0.39 is 22.8 Å². The number of halogens is 2. The molecule has 2 aromatic rings. The minimum atomic E-state index is -0.949. The predicted octanol–water partition coefficient (Wildman–Crippen LogP) is 5.35. The van der Waals surface area contributed by atoms with Gasteiger partial charge in [-0.25, -0.2) is 8.78 Å². The molecule has 0 saturated carbocycles. The number of thioether (sulfide) groups is 1. The van der Waals surface area contributed by atoms with Gasteiger partial charge >= 0.3 is 0 Å². The molecule has 134 valence electrons. The van der Waals surface area contributed by atoms with E-state index in [2.05, 4.69) is 5.32 Å². The van der Waals surface area contributed by atoms with E-state index >= 15 is 0 Å². The molecular weight excluding hydrogens is 356 g/mol. The summed E-state index contributed by atoms with van der Waals surface area (Å²) in [4.78, 5) is -0.0220. The predicted molar refractivity (Wildman–Crippen MR) is 97.7 cm³/mol. The highest BCUT2D eigenvalue weighted by Gasteiger charge is 2.25. The van der Waals surface area contributed by atoms with Gasteiger partial charge in [-0.2, -0.15) is 10.5 Å². The van der Waals surface area contributed by atoms with E-state index in [0.29, 0.717) is 23.8 Å². The van der Waals surface area contributed by atoms with E-state index in [-0.39, 0.29) is 10.6 Å². The minimum Gasteiger partial charge on any atom is -0.492 e. The zero-order valence-corrected chi connectivity index (χ0v) is 15.2. The molecule has 0 saturated heterocycles. The Balaban J connectivity index is 2.65. The van der Waals surface area contributed by atoms with Crippen LogP contribution in [0.1, 0.15) is 31.4 Å². The summed E-state index contributed by atoms with van der Waals surface area (Å²) >= 11 is 1.10. The van der Waals surface area contributed by atoms with Crippen molar-refractivity contribution in [2.75, 3.05) is 17.7 Å². The Bertz CT molecular complexity index is 888. The van der Waals surface area contributed by atoms with Crippen LogP contribution in [0.25, 0.3) is 0 Å². The molecule has 0 bridgehead atoms. The Kier molecular flexibility index (Phi) is 6.82. The summed E-state index contributed by atoms with van der Waals surface area (Å²) in [5.41, 5.74) is -0.905. The first-order valence-corrected chi connectivity index (χ1v) is 9.04. The molecule has 0 aliphatic carbocycles. The smallest absolute Gasteiger partial charge is 0.167 e. The number of rotatable bonds is 7. The second-order valence-electron chi connectivity index (χ2n) is 5.21. The van der Waals surface area contributed by atoms with Gasteiger partial charge in [0.1, 0.15) is 29.0 Å². The summed E-state index contributed by atoms with van der Waals surface area (Å²) in [6.07, 6.45) is 0.739. The zero-order chi connectivity index (χ0) is 19.1. The molecule has 0 amide bonds. The van der Waals surface area contributed by atoms with E-state index in [9.17, 15) is 14.0 Å². The molecule has 0 atom stereocenters. The third-order valence-corrected chi connectivity index (χ3v) is 4.74. The van der Waals surface area contributed by atoms with Crippen molar-refractivity contribution in [2.45, 2.75) is 25.2 Å². The molecule has 0 spiro atoms. The number of hydrogen-bond acceptors (Lipinski definition) is 5. The molecule has 26 heavy (non-hydrogen) atoms. The van der Waals surface area contributed by atoms with Crippen LogP contribution in [0.5, 0.6) is 5.75 Å². The van der Waals surface area contributed by atoms with Crippen molar-refractivity contribution in [1.29, 1.82) is 10.5 Å². The van der Waals surface area contributed by atoms with Crippen molar-refractivity contribution in [1.82, 2.24) is 0 Å². The van der Waals surface area contributed by atoms with Crippen LogP contribution in [0.3, 0.4) is 0 Å². The molecule has 0 aliphatic rings. The van der Waals surface area contributed by atoms with Gasteiger partial charge in [-0.05, 0) is 31.2 Å². The lowest BCUT2D eigenvalue weighted by Crippen LogP contribution is -2.06. The van der Waals surface area contributed by atoms with Gasteiger partial charge in [0.05, 0.1) is 22.9 Å². The van der Waals surface area contributed by atoms with Crippen LogP contribution in [-0.4, -0.2) is 12.4 Å². The average molecular weight is 373 g/mol. The molecule has 4 nitrogen and oxygen atoms in total. The standard InChI is InChI=1S/C19H17F2N3OS/c1-3-9-26-19-17(21)13(11-23)12(10-22)16(20)18(19)24-14-7-5-6-8-15(14)25-4-2/h5-8,24H,3-4,9H2,1-2H3. The lowest BCUT2D eigenvalue weighted by molar-refractivity contribution is 0.342. The maximum Gasteiger partial charge on any atom is 0.167 e. The summed E-state index contributed by atoms with van der Waals surface area (Å²) in [7, 11) is 0. The van der Waals surface area contributed by atoms with Crippen molar-refractivity contribution in [3.63, 3.8) is 0 Å². The summed E-state index contributed by atoms with van der Waals surface area (Å²) in [6.45, 7) is 4.13. The fourth-order valence-corrected chi connectivity index (χ4v) is 3.24. The van der Waals surface area contributed by atoms with Crippen LogP contribution in [-0.2, 0) is 0 Å². The first-order valence-electron chi connectivity index (χ1n) is 8.05. The van der Waals surface area contributed by atoms with Gasteiger partial charge in [-0.1, -0.05) is 19.1 Å². The summed E-state index contributed by atoms with van der Waals surface area (Å²) < 4.78 is 35.2. The quantitative estimate of drug-likeness (QED) is 0.662. The highest BCUT2D eigenvalue weighted by atomic mass is 32.2. The summed E-state index contributed by atoms with van der Waals surface area (Å²) in [5.74, 6) is -0.825. The maximum atomic E-state index is 14.9. The number of anilines is 2. The van der Waals surface area contributed by atoms with Gasteiger partial charge in [-0.3, -0.25) is 0 Å². The lowest BCUT2D eigenvalue weighted by Gasteiger charge is -2.17. The lowest BCUT2D eigenvalue weighted by atomic mass is 10.1. The number of nitriles is 2. The number of benzene rings is 2. The third-order valence-electron chi connectivity index (χ3n) is 3.46. The Hall–Kier alpha value is -2.77. The van der Waals surface area contributed by atoms with Crippen LogP contribution in [0, 0.1) is 34.3 Å². The zero-order valence-electron chi connectivity index (χ0n) is 14.4. The minimum absolute atomic E-state index is 0.0220. The third kappa shape index (κ3) is 3.89. The Morgan fingerprint density at radius 3 is 2.35 bits per heavy atom. The van der Waals surface area contributed by atoms with E-state index in [1.807, 2.05) is 13.8 Å². The van der Waals surface area contributed by atoms with Gasteiger partial charge in [0.2, 0.25) is 0 Å². The normalized spacial score (nSPS) is 10.1. The van der Waals surface area contributed by atoms with Gasteiger partial charge in [0.15, 0.2) is 11.6 Å². The number of hydrogen-bond donors (Lipinski definition) is 1. The average Bonchev–Trinajstić information content (AvgIpc) is 2.65. The summed E-state index contributed by atoms with van der Waals surface area (Å²) in [6, 6.07) is 10.0. The Morgan fingerprint density at radius 1 is 1.08 bits per heavy atom. The van der Waals surface area contributed by atoms with Crippen LogP contribution < -0.4 is 10.1 Å². The van der Waals surface area contributed by atoms with Gasteiger partial charge in [0, 0.05) is 0 Å². The first-order chi connectivity index (χ1) is 12.6. The molecule has 2 rings (SSSR count). The fraction of sp³-hybridized carbons (Fsp3) is 0.263. The van der Waals surface area contributed by atoms with E-state index in [4.69, 9.17) is 10.00 Å². The van der Waals surface area contributed by atoms with E-state index in [1.165, 1.54) is 0 Å². The molecule has 0 heterocycles. The molecular formula is C19H17F2N3OS. The second-order valence-corrected chi connectivity index (χ2v) is 6.31. The number of para-hydroxylation sites is 2. The molecule has 0 aliphatic heterocycles. The molecule has 1 N–H and O–H groups in total. The molecule has 0 fully saturated rings. The van der Waals surface area contributed by atoms with Crippen LogP contribution in [0.15, 0.2) is 29.2 Å². The van der Waals surface area contributed by atoms with Crippen molar-refractivity contribution >= 4 is 23.1 Å². The van der Waals surface area contributed by atoms with Crippen LogP contribution in [0.4, 0.5) is 20.2 Å². The molecule has 7 heteroatoms.